The largest absolute Gasteiger partial charge is 0.392 e. The van der Waals surface area contributed by atoms with E-state index in [0.29, 0.717) is 0 Å². The van der Waals surface area contributed by atoms with E-state index in [-0.39, 0.29) is 5.57 Å². The van der Waals surface area contributed by atoms with E-state index in [4.69, 9.17) is 4.74 Å². The summed E-state index contributed by atoms with van der Waals surface area (Å²) >= 11 is 0. The van der Waals surface area contributed by atoms with Crippen LogP contribution >= 0.6 is 0 Å². The average molecular weight is 321 g/mol. The van der Waals surface area contributed by atoms with Crippen LogP contribution < -0.4 is 5.32 Å². The molecule has 1 fully saturated rings. The SMILES string of the molecule is CC1OC(O)C(O)[C@@H](O)[C@@H]1N[C@H]1C=C(CO)[C@@H](O)[C@H](O)[C@H]1O. The van der Waals surface area contributed by atoms with Gasteiger partial charge in [-0.1, -0.05) is 6.08 Å². The highest BCUT2D eigenvalue weighted by Gasteiger charge is 2.45. The van der Waals surface area contributed by atoms with Crippen LogP contribution in [-0.2, 0) is 4.74 Å². The van der Waals surface area contributed by atoms with Crippen LogP contribution in [0.2, 0.25) is 0 Å². The van der Waals surface area contributed by atoms with Gasteiger partial charge in [0.25, 0.3) is 0 Å². The van der Waals surface area contributed by atoms with Crippen molar-refractivity contribution in [3.8, 4) is 0 Å². The molecule has 0 saturated carbocycles. The number of aliphatic hydroxyl groups is 7. The zero-order valence-electron chi connectivity index (χ0n) is 12.0. The molecule has 0 aromatic rings. The molecule has 0 bridgehead atoms. The number of rotatable bonds is 3. The minimum absolute atomic E-state index is 0.134. The molecule has 0 spiro atoms. The molecule has 9 heteroatoms. The molecule has 22 heavy (non-hydrogen) atoms. The topological polar surface area (TPSA) is 163 Å². The monoisotopic (exact) mass is 321 g/mol. The first-order chi connectivity index (χ1) is 10.3. The summed E-state index contributed by atoms with van der Waals surface area (Å²) in [5.41, 5.74) is 0.134. The van der Waals surface area contributed by atoms with Gasteiger partial charge in [-0.15, -0.1) is 0 Å². The van der Waals surface area contributed by atoms with Gasteiger partial charge in [-0.05, 0) is 12.5 Å². The lowest BCUT2D eigenvalue weighted by Gasteiger charge is -2.43. The van der Waals surface area contributed by atoms with Gasteiger partial charge in [0.15, 0.2) is 6.29 Å². The molecule has 1 heterocycles. The number of hydrogen-bond donors (Lipinski definition) is 8. The van der Waals surface area contributed by atoms with Crippen molar-refractivity contribution in [2.24, 2.45) is 0 Å². The molecule has 9 atom stereocenters. The van der Waals surface area contributed by atoms with Gasteiger partial charge in [0.05, 0.1) is 24.8 Å². The summed E-state index contributed by atoms with van der Waals surface area (Å²) in [6, 6.07) is -1.72. The van der Waals surface area contributed by atoms with Crippen LogP contribution in [0, 0.1) is 0 Å². The van der Waals surface area contributed by atoms with Crippen molar-refractivity contribution in [2.45, 2.75) is 61.9 Å². The van der Waals surface area contributed by atoms with E-state index in [1.807, 2.05) is 0 Å². The summed E-state index contributed by atoms with van der Waals surface area (Å²) < 4.78 is 5.08. The molecule has 1 aliphatic heterocycles. The Morgan fingerprint density at radius 3 is 2.23 bits per heavy atom. The van der Waals surface area contributed by atoms with Crippen LogP contribution in [0.1, 0.15) is 6.92 Å². The molecule has 1 saturated heterocycles. The first-order valence-electron chi connectivity index (χ1n) is 7.09. The van der Waals surface area contributed by atoms with Crippen molar-refractivity contribution < 1.29 is 40.5 Å². The summed E-state index contributed by atoms with van der Waals surface area (Å²) in [6.07, 6.45) is -7.99. The van der Waals surface area contributed by atoms with Crippen LogP contribution in [0.15, 0.2) is 11.6 Å². The van der Waals surface area contributed by atoms with E-state index >= 15 is 0 Å². The first-order valence-corrected chi connectivity index (χ1v) is 7.09. The van der Waals surface area contributed by atoms with E-state index in [9.17, 15) is 35.7 Å². The Balaban J connectivity index is 2.16. The number of ether oxygens (including phenoxy) is 1. The molecule has 0 aromatic carbocycles. The van der Waals surface area contributed by atoms with Crippen LogP contribution in [0.3, 0.4) is 0 Å². The molecule has 9 nitrogen and oxygen atoms in total. The van der Waals surface area contributed by atoms with E-state index in [2.05, 4.69) is 5.32 Å². The zero-order chi connectivity index (χ0) is 16.6. The van der Waals surface area contributed by atoms with E-state index in [1.54, 1.807) is 6.92 Å². The molecule has 3 unspecified atom stereocenters. The fourth-order valence-electron chi connectivity index (χ4n) is 2.84. The number of hydrogen-bond acceptors (Lipinski definition) is 9. The van der Waals surface area contributed by atoms with E-state index < -0.39 is 61.6 Å². The maximum Gasteiger partial charge on any atom is 0.183 e. The van der Waals surface area contributed by atoms with Crippen molar-refractivity contribution in [3.05, 3.63) is 11.6 Å². The van der Waals surface area contributed by atoms with Gasteiger partial charge in [0.1, 0.15) is 30.5 Å². The summed E-state index contributed by atoms with van der Waals surface area (Å²) in [5, 5.41) is 70.6. The smallest absolute Gasteiger partial charge is 0.183 e. The van der Waals surface area contributed by atoms with Crippen molar-refractivity contribution >= 4 is 0 Å². The van der Waals surface area contributed by atoms with Gasteiger partial charge in [0, 0.05) is 0 Å². The Labute approximate surface area is 127 Å². The maximum atomic E-state index is 10.0. The minimum Gasteiger partial charge on any atom is -0.392 e. The minimum atomic E-state index is -1.52. The predicted molar refractivity (Wildman–Crippen MR) is 72.5 cm³/mol. The average Bonchev–Trinajstić information content (AvgIpc) is 2.49. The molecule has 2 aliphatic rings. The van der Waals surface area contributed by atoms with Gasteiger partial charge < -0.3 is 45.8 Å². The normalized spacial score (nSPS) is 49.8. The van der Waals surface area contributed by atoms with Crippen molar-refractivity contribution in [2.75, 3.05) is 6.61 Å². The Hall–Kier alpha value is -0.620. The van der Waals surface area contributed by atoms with Crippen LogP contribution in [-0.4, -0.2) is 97.4 Å². The summed E-state index contributed by atoms with van der Waals surface area (Å²) in [6.45, 7) is 1.07. The van der Waals surface area contributed by atoms with Gasteiger partial charge in [-0.25, -0.2) is 0 Å². The van der Waals surface area contributed by atoms with Crippen LogP contribution in [0.25, 0.3) is 0 Å². The molecule has 8 N–H and O–H groups in total. The predicted octanol–water partition coefficient (Wildman–Crippen LogP) is -4.21. The lowest BCUT2D eigenvalue weighted by molar-refractivity contribution is -0.254. The third kappa shape index (κ3) is 3.18. The summed E-state index contributed by atoms with van der Waals surface area (Å²) in [4.78, 5) is 0. The first kappa shape index (κ1) is 17.7. The molecule has 0 radical (unpaired) electrons. The van der Waals surface area contributed by atoms with Crippen LogP contribution in [0.5, 0.6) is 0 Å². The second kappa shape index (κ2) is 6.87. The second-order valence-corrected chi connectivity index (χ2v) is 5.76. The Bertz CT molecular complexity index is 419. The van der Waals surface area contributed by atoms with Crippen molar-refractivity contribution in [1.82, 2.24) is 5.32 Å². The van der Waals surface area contributed by atoms with Gasteiger partial charge >= 0.3 is 0 Å². The Kier molecular flexibility index (Phi) is 5.54. The quantitative estimate of drug-likeness (QED) is 0.241. The maximum absolute atomic E-state index is 10.0. The molecule has 0 amide bonds. The molecule has 2 rings (SSSR count). The molecular formula is C13H23NO8. The Morgan fingerprint density at radius 2 is 1.64 bits per heavy atom. The summed E-state index contributed by atoms with van der Waals surface area (Å²) in [5.74, 6) is 0. The highest BCUT2D eigenvalue weighted by Crippen LogP contribution is 2.24. The van der Waals surface area contributed by atoms with Gasteiger partial charge in [-0.3, -0.25) is 0 Å². The molecular weight excluding hydrogens is 298 g/mol. The highest BCUT2D eigenvalue weighted by molar-refractivity contribution is 5.22. The van der Waals surface area contributed by atoms with Crippen molar-refractivity contribution in [3.63, 3.8) is 0 Å². The lowest BCUT2D eigenvalue weighted by atomic mass is 9.86. The van der Waals surface area contributed by atoms with Crippen LogP contribution in [0.4, 0.5) is 0 Å². The fraction of sp³-hybridized carbons (Fsp3) is 0.846. The van der Waals surface area contributed by atoms with E-state index in [0.717, 1.165) is 0 Å². The fourth-order valence-corrected chi connectivity index (χ4v) is 2.84. The Morgan fingerprint density at radius 1 is 1.00 bits per heavy atom. The van der Waals surface area contributed by atoms with E-state index in [1.165, 1.54) is 6.08 Å². The van der Waals surface area contributed by atoms with Gasteiger partial charge in [-0.2, -0.15) is 0 Å². The van der Waals surface area contributed by atoms with Gasteiger partial charge in [0.2, 0.25) is 0 Å². The number of nitrogens with one attached hydrogen (secondary N) is 1. The number of aliphatic hydroxyl groups excluding tert-OH is 7. The second-order valence-electron chi connectivity index (χ2n) is 5.76. The zero-order valence-corrected chi connectivity index (χ0v) is 12.0. The molecule has 128 valence electrons. The van der Waals surface area contributed by atoms with Crippen molar-refractivity contribution in [1.29, 1.82) is 0 Å². The lowest BCUT2D eigenvalue weighted by Crippen LogP contribution is -2.66. The third-order valence-corrected chi connectivity index (χ3v) is 4.25. The molecule has 0 aromatic heterocycles. The highest BCUT2D eigenvalue weighted by atomic mass is 16.6. The summed E-state index contributed by atoms with van der Waals surface area (Å²) in [7, 11) is 0. The molecule has 1 aliphatic carbocycles. The standard InChI is InChI=1S/C13H23NO8/c1-4-7(10(18)12(20)13(21)22-4)14-6-2-5(3-15)8(16)11(19)9(6)17/h2,4,6-21H,3H2,1H3/t4?,6-,7+,8+,9-,10-,11-,12?,13?/m0/s1. The third-order valence-electron chi connectivity index (χ3n) is 4.25.